The van der Waals surface area contributed by atoms with Crippen LogP contribution in [-0.2, 0) is 4.79 Å². The second kappa shape index (κ2) is 5.18. The summed E-state index contributed by atoms with van der Waals surface area (Å²) in [5, 5.41) is 12.7. The van der Waals surface area contributed by atoms with Crippen LogP contribution >= 0.6 is 0 Å². The molecular formula is C17H16N2O3. The van der Waals surface area contributed by atoms with Crippen LogP contribution in [0.1, 0.15) is 18.1 Å². The van der Waals surface area contributed by atoms with E-state index in [1.807, 2.05) is 26.0 Å². The Morgan fingerprint density at radius 2 is 2.00 bits per heavy atom. The van der Waals surface area contributed by atoms with Crippen molar-refractivity contribution in [2.45, 2.75) is 20.8 Å². The van der Waals surface area contributed by atoms with Crippen LogP contribution in [0.5, 0.6) is 5.75 Å². The number of rotatable bonds is 2. The summed E-state index contributed by atoms with van der Waals surface area (Å²) in [5.74, 6) is 0.198. The van der Waals surface area contributed by atoms with Gasteiger partial charge in [0.05, 0.1) is 5.56 Å². The Balaban J connectivity index is 2.14. The Labute approximate surface area is 127 Å². The molecular weight excluding hydrogens is 280 g/mol. The van der Waals surface area contributed by atoms with Crippen molar-refractivity contribution in [3.63, 3.8) is 0 Å². The zero-order valence-corrected chi connectivity index (χ0v) is 12.6. The number of carbonyl (C=O) groups is 1. The van der Waals surface area contributed by atoms with E-state index < -0.39 is 0 Å². The molecule has 0 atom stereocenters. The van der Waals surface area contributed by atoms with Crippen molar-refractivity contribution in [1.29, 1.82) is 0 Å². The third-order valence-corrected chi connectivity index (χ3v) is 3.37. The molecule has 3 aromatic rings. The SMILES string of the molecule is CC(=O)Nc1ccc(O)c(-c2nc3cc(C)cc(C)c3o2)c1. The third-order valence-electron chi connectivity index (χ3n) is 3.37. The lowest BCUT2D eigenvalue weighted by molar-refractivity contribution is -0.114. The van der Waals surface area contributed by atoms with Gasteiger partial charge in [-0.1, -0.05) is 6.07 Å². The summed E-state index contributed by atoms with van der Waals surface area (Å²) in [4.78, 5) is 15.6. The number of aromatic hydroxyl groups is 1. The third kappa shape index (κ3) is 2.53. The molecule has 22 heavy (non-hydrogen) atoms. The fourth-order valence-electron chi connectivity index (χ4n) is 2.48. The van der Waals surface area contributed by atoms with Gasteiger partial charge in [0.1, 0.15) is 11.3 Å². The first-order valence-electron chi connectivity index (χ1n) is 6.93. The number of aromatic nitrogens is 1. The van der Waals surface area contributed by atoms with E-state index in [1.165, 1.54) is 13.0 Å². The Morgan fingerprint density at radius 3 is 2.73 bits per heavy atom. The summed E-state index contributed by atoms with van der Waals surface area (Å²) in [6.45, 7) is 5.38. The Kier molecular flexibility index (Phi) is 3.33. The van der Waals surface area contributed by atoms with Crippen molar-refractivity contribution in [3.8, 4) is 17.2 Å². The highest BCUT2D eigenvalue weighted by atomic mass is 16.3. The van der Waals surface area contributed by atoms with E-state index in [0.717, 1.165) is 16.6 Å². The van der Waals surface area contributed by atoms with Gasteiger partial charge in [-0.05, 0) is 49.2 Å². The second-order valence-electron chi connectivity index (χ2n) is 5.36. The number of phenolic OH excluding ortho intramolecular Hbond substituents is 1. The molecule has 0 fully saturated rings. The molecule has 0 aliphatic rings. The summed E-state index contributed by atoms with van der Waals surface area (Å²) in [6, 6.07) is 8.73. The molecule has 2 N–H and O–H groups in total. The molecule has 3 rings (SSSR count). The number of aryl methyl sites for hydroxylation is 2. The molecule has 2 aromatic carbocycles. The minimum absolute atomic E-state index is 0.0510. The minimum atomic E-state index is -0.180. The predicted octanol–water partition coefficient (Wildman–Crippen LogP) is 3.78. The normalized spacial score (nSPS) is 10.9. The molecule has 0 saturated carbocycles. The van der Waals surface area contributed by atoms with Gasteiger partial charge in [-0.15, -0.1) is 0 Å². The van der Waals surface area contributed by atoms with Crippen LogP contribution in [0, 0.1) is 13.8 Å². The molecule has 5 heteroatoms. The molecule has 5 nitrogen and oxygen atoms in total. The van der Waals surface area contributed by atoms with Crippen molar-refractivity contribution < 1.29 is 14.3 Å². The molecule has 0 aliphatic carbocycles. The summed E-state index contributed by atoms with van der Waals surface area (Å²) in [5.41, 5.74) is 4.56. The number of oxazole rings is 1. The lowest BCUT2D eigenvalue weighted by Crippen LogP contribution is -2.05. The maximum atomic E-state index is 11.2. The minimum Gasteiger partial charge on any atom is -0.507 e. The van der Waals surface area contributed by atoms with Crippen molar-refractivity contribution in [1.82, 2.24) is 4.98 Å². The molecule has 0 aliphatic heterocycles. The number of hydrogen-bond donors (Lipinski definition) is 2. The van der Waals surface area contributed by atoms with Crippen molar-refractivity contribution in [2.75, 3.05) is 5.32 Å². The number of carbonyl (C=O) groups excluding carboxylic acids is 1. The number of nitrogens with one attached hydrogen (secondary N) is 1. The fourth-order valence-corrected chi connectivity index (χ4v) is 2.48. The summed E-state index contributed by atoms with van der Waals surface area (Å²) < 4.78 is 5.80. The van der Waals surface area contributed by atoms with Crippen LogP contribution in [0.25, 0.3) is 22.6 Å². The number of amides is 1. The van der Waals surface area contributed by atoms with E-state index in [-0.39, 0.29) is 11.7 Å². The summed E-state index contributed by atoms with van der Waals surface area (Å²) in [7, 11) is 0. The highest BCUT2D eigenvalue weighted by Crippen LogP contribution is 2.34. The lowest BCUT2D eigenvalue weighted by Gasteiger charge is -2.05. The highest BCUT2D eigenvalue weighted by molar-refractivity contribution is 5.90. The van der Waals surface area contributed by atoms with Gasteiger partial charge in [-0.2, -0.15) is 0 Å². The van der Waals surface area contributed by atoms with Gasteiger partial charge >= 0.3 is 0 Å². The zero-order valence-electron chi connectivity index (χ0n) is 12.6. The lowest BCUT2D eigenvalue weighted by atomic mass is 10.1. The molecule has 0 unspecified atom stereocenters. The van der Waals surface area contributed by atoms with E-state index in [4.69, 9.17) is 4.42 Å². The van der Waals surface area contributed by atoms with E-state index in [2.05, 4.69) is 10.3 Å². The standard InChI is InChI=1S/C17H16N2O3/c1-9-6-10(2)16-14(7-9)19-17(22-16)13-8-12(18-11(3)20)4-5-15(13)21/h4-8,21H,1-3H3,(H,18,20). The van der Waals surface area contributed by atoms with Crippen LogP contribution < -0.4 is 5.32 Å². The maximum Gasteiger partial charge on any atom is 0.231 e. The summed E-state index contributed by atoms with van der Waals surface area (Å²) in [6.07, 6.45) is 0. The molecule has 0 saturated heterocycles. The first-order valence-corrected chi connectivity index (χ1v) is 6.93. The maximum absolute atomic E-state index is 11.2. The van der Waals surface area contributed by atoms with Crippen LogP contribution in [0.3, 0.4) is 0 Å². The average Bonchev–Trinajstić information content (AvgIpc) is 2.84. The van der Waals surface area contributed by atoms with Crippen molar-refractivity contribution in [2.24, 2.45) is 0 Å². The van der Waals surface area contributed by atoms with Gasteiger partial charge in [0, 0.05) is 12.6 Å². The summed E-state index contributed by atoms with van der Waals surface area (Å²) >= 11 is 0. The van der Waals surface area contributed by atoms with Crippen LogP contribution in [0.4, 0.5) is 5.69 Å². The van der Waals surface area contributed by atoms with Gasteiger partial charge in [-0.3, -0.25) is 4.79 Å². The number of hydrogen-bond acceptors (Lipinski definition) is 4. The zero-order chi connectivity index (χ0) is 15.9. The number of phenols is 1. The molecule has 1 heterocycles. The first kappa shape index (κ1) is 14.1. The van der Waals surface area contributed by atoms with Gasteiger partial charge in [-0.25, -0.2) is 4.98 Å². The quantitative estimate of drug-likeness (QED) is 0.706. The van der Waals surface area contributed by atoms with Crippen LogP contribution in [0.15, 0.2) is 34.7 Å². The van der Waals surface area contributed by atoms with Crippen LogP contribution in [-0.4, -0.2) is 16.0 Å². The second-order valence-corrected chi connectivity index (χ2v) is 5.36. The molecule has 0 bridgehead atoms. The number of benzene rings is 2. The van der Waals surface area contributed by atoms with Crippen LogP contribution in [0.2, 0.25) is 0 Å². The number of fused-ring (bicyclic) bond motifs is 1. The van der Waals surface area contributed by atoms with Gasteiger partial charge in [0.15, 0.2) is 5.58 Å². The average molecular weight is 296 g/mol. The van der Waals surface area contributed by atoms with Gasteiger partial charge < -0.3 is 14.8 Å². The Morgan fingerprint density at radius 1 is 1.23 bits per heavy atom. The largest absolute Gasteiger partial charge is 0.507 e. The van der Waals surface area contributed by atoms with Gasteiger partial charge in [0.2, 0.25) is 11.8 Å². The predicted molar refractivity (Wildman–Crippen MR) is 84.9 cm³/mol. The fraction of sp³-hybridized carbons (Fsp3) is 0.176. The molecule has 1 amide bonds. The van der Waals surface area contributed by atoms with E-state index >= 15 is 0 Å². The Hall–Kier alpha value is -2.82. The molecule has 1 aromatic heterocycles. The first-order chi connectivity index (χ1) is 10.4. The molecule has 0 spiro atoms. The van der Waals surface area contributed by atoms with E-state index in [1.54, 1.807) is 12.1 Å². The van der Waals surface area contributed by atoms with Gasteiger partial charge in [0.25, 0.3) is 0 Å². The van der Waals surface area contributed by atoms with Crippen molar-refractivity contribution in [3.05, 3.63) is 41.5 Å². The molecule has 112 valence electrons. The number of nitrogens with zero attached hydrogens (tertiary/aromatic N) is 1. The number of anilines is 1. The van der Waals surface area contributed by atoms with Crippen molar-refractivity contribution >= 4 is 22.7 Å². The smallest absolute Gasteiger partial charge is 0.231 e. The van der Waals surface area contributed by atoms with E-state index in [0.29, 0.717) is 22.7 Å². The highest BCUT2D eigenvalue weighted by Gasteiger charge is 2.15. The topological polar surface area (TPSA) is 75.4 Å². The molecule has 0 radical (unpaired) electrons. The van der Waals surface area contributed by atoms with E-state index in [9.17, 15) is 9.90 Å². The monoisotopic (exact) mass is 296 g/mol. The Bertz CT molecular complexity index is 881.